The van der Waals surface area contributed by atoms with Crippen LogP contribution in [0.15, 0.2) is 41.3 Å². The summed E-state index contributed by atoms with van der Waals surface area (Å²) in [6.07, 6.45) is 0.0511. The smallest absolute Gasteiger partial charge is 0.265 e. The molecule has 2 aliphatic rings. The van der Waals surface area contributed by atoms with Gasteiger partial charge in [-0.15, -0.1) is 0 Å². The van der Waals surface area contributed by atoms with Gasteiger partial charge in [0.2, 0.25) is 15.9 Å². The number of benzene rings is 2. The number of nitrogens with one attached hydrogen (secondary N) is 2. The number of hydrogen-bond donors (Lipinski definition) is 2. The second kappa shape index (κ2) is 8.51. The summed E-state index contributed by atoms with van der Waals surface area (Å²) >= 11 is 0. The Morgan fingerprint density at radius 3 is 2.59 bits per heavy atom. The summed E-state index contributed by atoms with van der Waals surface area (Å²) in [5.74, 6) is -0.951. The van der Waals surface area contributed by atoms with Crippen molar-refractivity contribution < 1.29 is 27.1 Å². The fourth-order valence-corrected chi connectivity index (χ4v) is 5.27. The number of ether oxygens (including phenoxy) is 1. The summed E-state index contributed by atoms with van der Waals surface area (Å²) in [6.45, 7) is 3.61. The van der Waals surface area contributed by atoms with Crippen LogP contribution in [-0.2, 0) is 19.6 Å². The molecule has 0 aromatic heterocycles. The number of rotatable bonds is 4. The van der Waals surface area contributed by atoms with Crippen LogP contribution in [0, 0.1) is 18.7 Å². The van der Waals surface area contributed by atoms with Crippen molar-refractivity contribution in [3.8, 4) is 5.75 Å². The highest BCUT2D eigenvalue weighted by atomic mass is 32.2. The van der Waals surface area contributed by atoms with Gasteiger partial charge >= 0.3 is 0 Å². The first-order valence-electron chi connectivity index (χ1n) is 10.3. The molecule has 10 heteroatoms. The quantitative estimate of drug-likeness (QED) is 0.729. The second-order valence-electron chi connectivity index (χ2n) is 8.04. The summed E-state index contributed by atoms with van der Waals surface area (Å²) in [5, 5.41) is 5.36. The highest BCUT2D eigenvalue weighted by molar-refractivity contribution is 7.89. The summed E-state index contributed by atoms with van der Waals surface area (Å²) in [7, 11) is -3.80. The van der Waals surface area contributed by atoms with E-state index in [9.17, 15) is 22.4 Å². The molecule has 32 heavy (non-hydrogen) atoms. The summed E-state index contributed by atoms with van der Waals surface area (Å²) in [5.41, 5.74) is 1.18. The zero-order chi connectivity index (χ0) is 23.0. The average molecular weight is 462 g/mol. The molecule has 0 radical (unpaired) electrons. The minimum absolute atomic E-state index is 0.0488. The van der Waals surface area contributed by atoms with Crippen molar-refractivity contribution in [3.63, 3.8) is 0 Å². The van der Waals surface area contributed by atoms with Crippen LogP contribution in [0.5, 0.6) is 5.75 Å². The van der Waals surface area contributed by atoms with Gasteiger partial charge in [0, 0.05) is 24.7 Å². The lowest BCUT2D eigenvalue weighted by Crippen LogP contribution is -2.41. The largest absolute Gasteiger partial charge is 0.479 e. The molecule has 0 aliphatic carbocycles. The molecule has 2 amide bonds. The molecule has 8 nitrogen and oxygen atoms in total. The first-order valence-corrected chi connectivity index (χ1v) is 11.8. The lowest BCUT2D eigenvalue weighted by Gasteiger charge is -2.31. The maximum absolute atomic E-state index is 13.7. The molecular weight excluding hydrogens is 437 g/mol. The van der Waals surface area contributed by atoms with Crippen LogP contribution in [0.3, 0.4) is 0 Å². The van der Waals surface area contributed by atoms with Crippen molar-refractivity contribution in [1.29, 1.82) is 0 Å². The van der Waals surface area contributed by atoms with E-state index < -0.39 is 21.9 Å². The molecule has 0 saturated carbocycles. The molecule has 2 aromatic rings. The number of aryl methyl sites for hydroxylation is 1. The zero-order valence-corrected chi connectivity index (χ0v) is 18.5. The van der Waals surface area contributed by atoms with Crippen LogP contribution in [0.1, 0.15) is 25.3 Å². The number of piperidine rings is 1. The zero-order valence-electron chi connectivity index (χ0n) is 17.7. The molecule has 1 unspecified atom stereocenters. The van der Waals surface area contributed by atoms with Gasteiger partial charge in [0.1, 0.15) is 11.6 Å². The lowest BCUT2D eigenvalue weighted by molar-refractivity contribution is -0.123. The van der Waals surface area contributed by atoms with Gasteiger partial charge in [-0.05, 0) is 62.6 Å². The van der Waals surface area contributed by atoms with Gasteiger partial charge in [-0.25, -0.2) is 12.8 Å². The third-order valence-electron chi connectivity index (χ3n) is 5.78. The Kier molecular flexibility index (Phi) is 5.91. The molecule has 170 valence electrons. The number of amides is 2. The number of carbonyl (C=O) groups excluding carboxylic acids is 2. The van der Waals surface area contributed by atoms with E-state index >= 15 is 0 Å². The Bertz CT molecular complexity index is 1180. The number of nitrogens with zero attached hydrogens (tertiary/aromatic N) is 1. The molecule has 1 fully saturated rings. The third-order valence-corrected chi connectivity index (χ3v) is 7.68. The van der Waals surface area contributed by atoms with Gasteiger partial charge in [0.25, 0.3) is 5.91 Å². The highest BCUT2D eigenvalue weighted by Crippen LogP contribution is 2.33. The normalized spacial score (nSPS) is 19.6. The third kappa shape index (κ3) is 4.33. The standard InChI is InChI=1S/C22H24FN3O5S/c1-13-3-4-16(11-18(13)23)24-22(28)15-7-9-26(10-8-15)32(29,30)17-5-6-20-19(12-17)25-21(27)14(2)31-20/h3-6,11-12,14-15H,7-10H2,1-2H3,(H,24,28)(H,25,27). The van der Waals surface area contributed by atoms with Crippen LogP contribution in [-0.4, -0.2) is 43.7 Å². The van der Waals surface area contributed by atoms with Crippen LogP contribution in [0.4, 0.5) is 15.8 Å². The van der Waals surface area contributed by atoms with Gasteiger partial charge in [-0.3, -0.25) is 9.59 Å². The SMILES string of the molecule is Cc1ccc(NC(=O)C2CCN(S(=O)(=O)c3ccc4c(c3)NC(=O)C(C)O4)CC2)cc1F. The van der Waals surface area contributed by atoms with Crippen molar-refractivity contribution in [2.75, 3.05) is 23.7 Å². The molecular formula is C22H24FN3O5S. The second-order valence-corrected chi connectivity index (χ2v) is 9.98. The van der Waals surface area contributed by atoms with E-state index in [4.69, 9.17) is 4.74 Å². The highest BCUT2D eigenvalue weighted by Gasteiger charge is 2.33. The van der Waals surface area contributed by atoms with E-state index in [0.717, 1.165) is 0 Å². The summed E-state index contributed by atoms with van der Waals surface area (Å²) < 4.78 is 46.7. The Morgan fingerprint density at radius 2 is 1.91 bits per heavy atom. The van der Waals surface area contributed by atoms with Gasteiger partial charge < -0.3 is 15.4 Å². The average Bonchev–Trinajstić information content (AvgIpc) is 2.77. The summed E-state index contributed by atoms with van der Waals surface area (Å²) in [4.78, 5) is 24.4. The van der Waals surface area contributed by atoms with E-state index in [1.54, 1.807) is 26.0 Å². The Morgan fingerprint density at radius 1 is 1.19 bits per heavy atom. The first kappa shape index (κ1) is 22.2. The Hall–Kier alpha value is -2.98. The van der Waals surface area contributed by atoms with Crippen molar-refractivity contribution in [3.05, 3.63) is 47.8 Å². The predicted octanol–water partition coefficient (Wildman–Crippen LogP) is 2.89. The molecule has 2 aliphatic heterocycles. The number of hydrogen-bond acceptors (Lipinski definition) is 5. The van der Waals surface area contributed by atoms with E-state index in [0.29, 0.717) is 35.5 Å². The molecule has 1 saturated heterocycles. The number of anilines is 2. The summed E-state index contributed by atoms with van der Waals surface area (Å²) in [6, 6.07) is 8.86. The first-order chi connectivity index (χ1) is 15.1. The van der Waals surface area contributed by atoms with E-state index in [1.807, 2.05) is 0 Å². The number of fused-ring (bicyclic) bond motifs is 1. The van der Waals surface area contributed by atoms with Gasteiger partial charge in [-0.2, -0.15) is 4.31 Å². The lowest BCUT2D eigenvalue weighted by atomic mass is 9.97. The van der Waals surface area contributed by atoms with Gasteiger partial charge in [0.05, 0.1) is 10.6 Å². The fourth-order valence-electron chi connectivity index (χ4n) is 3.77. The maximum Gasteiger partial charge on any atom is 0.265 e. The van der Waals surface area contributed by atoms with Crippen molar-refractivity contribution in [2.24, 2.45) is 5.92 Å². The maximum atomic E-state index is 13.7. The van der Waals surface area contributed by atoms with E-state index in [1.165, 1.54) is 28.6 Å². The predicted molar refractivity (Wildman–Crippen MR) is 116 cm³/mol. The van der Waals surface area contributed by atoms with Crippen molar-refractivity contribution in [1.82, 2.24) is 4.31 Å². The van der Waals surface area contributed by atoms with Crippen molar-refractivity contribution in [2.45, 2.75) is 37.7 Å². The van der Waals surface area contributed by atoms with Crippen molar-refractivity contribution >= 4 is 33.2 Å². The Labute approximate surface area is 185 Å². The molecule has 2 N–H and O–H groups in total. The van der Waals surface area contributed by atoms with E-state index in [2.05, 4.69) is 10.6 Å². The molecule has 1 atom stereocenters. The minimum Gasteiger partial charge on any atom is -0.479 e. The molecule has 0 spiro atoms. The number of carbonyl (C=O) groups is 2. The topological polar surface area (TPSA) is 105 Å². The monoisotopic (exact) mass is 461 g/mol. The van der Waals surface area contributed by atoms with E-state index in [-0.39, 0.29) is 35.7 Å². The molecule has 0 bridgehead atoms. The Balaban J connectivity index is 1.41. The van der Waals surface area contributed by atoms with Crippen LogP contribution in [0.25, 0.3) is 0 Å². The van der Waals surface area contributed by atoms with Gasteiger partial charge in [-0.1, -0.05) is 6.07 Å². The van der Waals surface area contributed by atoms with Crippen LogP contribution < -0.4 is 15.4 Å². The molecule has 4 rings (SSSR count). The molecule has 2 heterocycles. The van der Waals surface area contributed by atoms with Crippen LogP contribution >= 0.6 is 0 Å². The fraction of sp³-hybridized carbons (Fsp3) is 0.364. The number of sulfonamides is 1. The van der Waals surface area contributed by atoms with Gasteiger partial charge in [0.15, 0.2) is 6.10 Å². The number of halogens is 1. The minimum atomic E-state index is -3.80. The van der Waals surface area contributed by atoms with Crippen LogP contribution in [0.2, 0.25) is 0 Å². The molecule has 2 aromatic carbocycles.